The first-order chi connectivity index (χ1) is 10.0. The van der Waals surface area contributed by atoms with E-state index in [1.165, 1.54) is 6.07 Å². The lowest BCUT2D eigenvalue weighted by Gasteiger charge is -2.11. The molecule has 0 heterocycles. The van der Waals surface area contributed by atoms with Gasteiger partial charge in [-0.05, 0) is 64.3 Å². The Morgan fingerprint density at radius 1 is 1.24 bits per heavy atom. The summed E-state index contributed by atoms with van der Waals surface area (Å²) >= 11 is 3.13. The van der Waals surface area contributed by atoms with Gasteiger partial charge in [0.1, 0.15) is 5.82 Å². The van der Waals surface area contributed by atoms with E-state index in [9.17, 15) is 9.18 Å². The molecule has 3 nitrogen and oxygen atoms in total. The third kappa shape index (κ3) is 3.82. The van der Waals surface area contributed by atoms with Crippen molar-refractivity contribution in [2.24, 2.45) is 0 Å². The van der Waals surface area contributed by atoms with Gasteiger partial charge in [0.15, 0.2) is 0 Å². The molecule has 0 aromatic heterocycles. The monoisotopic (exact) mass is 350 g/mol. The molecule has 0 aliphatic carbocycles. The first-order valence-corrected chi connectivity index (χ1v) is 7.31. The van der Waals surface area contributed by atoms with Gasteiger partial charge in [0.05, 0.1) is 4.47 Å². The summed E-state index contributed by atoms with van der Waals surface area (Å²) in [6, 6.07) is 10.5. The standard InChI is InChI=1S/C16H16BrFN2O/c1-10-7-12(16(21)19-2)4-6-15(10)20-9-11-3-5-13(17)14(18)8-11/h3-8,20H,9H2,1-2H3,(H,19,21). The Bertz CT molecular complexity index is 673. The number of benzene rings is 2. The lowest BCUT2D eigenvalue weighted by Crippen LogP contribution is -2.17. The molecule has 0 bridgehead atoms. The van der Waals surface area contributed by atoms with E-state index in [1.807, 2.05) is 25.1 Å². The maximum absolute atomic E-state index is 13.4. The van der Waals surface area contributed by atoms with Gasteiger partial charge in [-0.1, -0.05) is 6.07 Å². The summed E-state index contributed by atoms with van der Waals surface area (Å²) in [6.07, 6.45) is 0. The minimum Gasteiger partial charge on any atom is -0.381 e. The molecule has 21 heavy (non-hydrogen) atoms. The molecule has 2 aromatic carbocycles. The number of aryl methyl sites for hydroxylation is 1. The molecule has 0 fully saturated rings. The van der Waals surface area contributed by atoms with Crippen LogP contribution in [-0.2, 0) is 6.54 Å². The Kier molecular flexibility index (Phi) is 4.96. The van der Waals surface area contributed by atoms with Crippen molar-refractivity contribution in [3.8, 4) is 0 Å². The predicted molar refractivity (Wildman–Crippen MR) is 86.0 cm³/mol. The topological polar surface area (TPSA) is 41.1 Å². The quantitative estimate of drug-likeness (QED) is 0.878. The molecule has 2 N–H and O–H groups in total. The second kappa shape index (κ2) is 6.72. The maximum atomic E-state index is 13.4. The molecule has 1 amide bonds. The summed E-state index contributed by atoms with van der Waals surface area (Å²) in [5, 5.41) is 5.84. The van der Waals surface area contributed by atoms with Crippen molar-refractivity contribution >= 4 is 27.5 Å². The van der Waals surface area contributed by atoms with Crippen molar-refractivity contribution in [3.05, 3.63) is 63.4 Å². The number of nitrogens with one attached hydrogen (secondary N) is 2. The van der Waals surface area contributed by atoms with E-state index in [2.05, 4.69) is 26.6 Å². The Labute approximate surface area is 131 Å². The van der Waals surface area contributed by atoms with E-state index in [0.717, 1.165) is 16.8 Å². The lowest BCUT2D eigenvalue weighted by atomic mass is 10.1. The zero-order valence-corrected chi connectivity index (χ0v) is 13.4. The van der Waals surface area contributed by atoms with E-state index in [4.69, 9.17) is 0 Å². The van der Waals surface area contributed by atoms with E-state index < -0.39 is 0 Å². The van der Waals surface area contributed by atoms with Crippen LogP contribution in [-0.4, -0.2) is 13.0 Å². The van der Waals surface area contributed by atoms with Crippen LogP contribution in [0.2, 0.25) is 0 Å². The summed E-state index contributed by atoms with van der Waals surface area (Å²) in [7, 11) is 1.60. The van der Waals surface area contributed by atoms with Gasteiger partial charge in [-0.3, -0.25) is 4.79 Å². The SMILES string of the molecule is CNC(=O)c1ccc(NCc2ccc(Br)c(F)c2)c(C)c1. The van der Waals surface area contributed by atoms with Crippen LogP contribution in [0.1, 0.15) is 21.5 Å². The average molecular weight is 351 g/mol. The van der Waals surface area contributed by atoms with E-state index in [-0.39, 0.29) is 11.7 Å². The number of carbonyl (C=O) groups excluding carboxylic acids is 1. The number of halogens is 2. The average Bonchev–Trinajstić information content (AvgIpc) is 2.48. The number of rotatable bonds is 4. The Balaban J connectivity index is 2.09. The van der Waals surface area contributed by atoms with Crippen LogP contribution in [0.15, 0.2) is 40.9 Å². The van der Waals surface area contributed by atoms with Crippen LogP contribution in [0.3, 0.4) is 0 Å². The fourth-order valence-electron chi connectivity index (χ4n) is 1.99. The first-order valence-electron chi connectivity index (χ1n) is 6.52. The van der Waals surface area contributed by atoms with Crippen LogP contribution in [0.25, 0.3) is 0 Å². The van der Waals surface area contributed by atoms with Gasteiger partial charge in [0.2, 0.25) is 0 Å². The van der Waals surface area contributed by atoms with Crippen LogP contribution in [0.5, 0.6) is 0 Å². The smallest absolute Gasteiger partial charge is 0.251 e. The third-order valence-corrected chi connectivity index (χ3v) is 3.83. The molecule has 0 radical (unpaired) electrons. The van der Waals surface area contributed by atoms with Gasteiger partial charge in [-0.25, -0.2) is 4.39 Å². The molecule has 0 atom stereocenters. The van der Waals surface area contributed by atoms with E-state index in [1.54, 1.807) is 19.2 Å². The van der Waals surface area contributed by atoms with Crippen LogP contribution in [0.4, 0.5) is 10.1 Å². The van der Waals surface area contributed by atoms with E-state index >= 15 is 0 Å². The summed E-state index contributed by atoms with van der Waals surface area (Å²) in [6.45, 7) is 2.45. The van der Waals surface area contributed by atoms with E-state index in [0.29, 0.717) is 16.6 Å². The highest BCUT2D eigenvalue weighted by molar-refractivity contribution is 9.10. The zero-order chi connectivity index (χ0) is 15.4. The van der Waals surface area contributed by atoms with Crippen molar-refractivity contribution in [1.29, 1.82) is 0 Å². The van der Waals surface area contributed by atoms with Gasteiger partial charge >= 0.3 is 0 Å². The number of amides is 1. The molecule has 110 valence electrons. The normalized spacial score (nSPS) is 10.3. The molecule has 2 rings (SSSR count). The molecule has 0 unspecified atom stereocenters. The molecular weight excluding hydrogens is 335 g/mol. The van der Waals surface area contributed by atoms with Crippen LogP contribution in [0, 0.1) is 12.7 Å². The number of hydrogen-bond donors (Lipinski definition) is 2. The lowest BCUT2D eigenvalue weighted by molar-refractivity contribution is 0.0963. The fourth-order valence-corrected chi connectivity index (χ4v) is 2.24. The van der Waals surface area contributed by atoms with Gasteiger partial charge in [0, 0.05) is 24.8 Å². The molecule has 0 spiro atoms. The highest BCUT2D eigenvalue weighted by Crippen LogP contribution is 2.20. The Morgan fingerprint density at radius 2 is 2.00 bits per heavy atom. The highest BCUT2D eigenvalue weighted by atomic mass is 79.9. The first kappa shape index (κ1) is 15.5. The third-order valence-electron chi connectivity index (χ3n) is 3.18. The molecule has 5 heteroatoms. The van der Waals surface area contributed by atoms with Crippen LogP contribution >= 0.6 is 15.9 Å². The van der Waals surface area contributed by atoms with Crippen molar-refractivity contribution in [2.45, 2.75) is 13.5 Å². The molecule has 2 aromatic rings. The van der Waals surface area contributed by atoms with Crippen molar-refractivity contribution in [2.75, 3.05) is 12.4 Å². The van der Waals surface area contributed by atoms with Crippen LogP contribution < -0.4 is 10.6 Å². The second-order valence-electron chi connectivity index (χ2n) is 4.71. The van der Waals surface area contributed by atoms with Gasteiger partial charge < -0.3 is 10.6 Å². The fraction of sp³-hybridized carbons (Fsp3) is 0.188. The van der Waals surface area contributed by atoms with Crippen molar-refractivity contribution in [3.63, 3.8) is 0 Å². The molecule has 0 aliphatic rings. The summed E-state index contributed by atoms with van der Waals surface area (Å²) in [5.74, 6) is -0.388. The molecule has 0 saturated heterocycles. The summed E-state index contributed by atoms with van der Waals surface area (Å²) in [4.78, 5) is 11.5. The summed E-state index contributed by atoms with van der Waals surface area (Å²) < 4.78 is 13.9. The van der Waals surface area contributed by atoms with Gasteiger partial charge in [-0.15, -0.1) is 0 Å². The maximum Gasteiger partial charge on any atom is 0.251 e. The minimum atomic E-state index is -0.277. The minimum absolute atomic E-state index is 0.111. The summed E-state index contributed by atoms with van der Waals surface area (Å²) in [5.41, 5.74) is 3.36. The largest absolute Gasteiger partial charge is 0.381 e. The van der Waals surface area contributed by atoms with Gasteiger partial charge in [-0.2, -0.15) is 0 Å². The van der Waals surface area contributed by atoms with Crippen molar-refractivity contribution < 1.29 is 9.18 Å². The molecule has 0 aliphatic heterocycles. The molecule has 0 saturated carbocycles. The number of hydrogen-bond acceptors (Lipinski definition) is 2. The zero-order valence-electron chi connectivity index (χ0n) is 11.8. The van der Waals surface area contributed by atoms with Crippen molar-refractivity contribution in [1.82, 2.24) is 5.32 Å². The Morgan fingerprint density at radius 3 is 2.62 bits per heavy atom. The number of anilines is 1. The highest BCUT2D eigenvalue weighted by Gasteiger charge is 2.06. The van der Waals surface area contributed by atoms with Gasteiger partial charge in [0.25, 0.3) is 5.91 Å². The Hall–Kier alpha value is -1.88. The molecular formula is C16H16BrFN2O. The number of carbonyl (C=O) groups is 1. The predicted octanol–water partition coefficient (Wildman–Crippen LogP) is 3.87. The second-order valence-corrected chi connectivity index (χ2v) is 5.57.